The van der Waals surface area contributed by atoms with Crippen molar-refractivity contribution in [1.29, 1.82) is 0 Å². The van der Waals surface area contributed by atoms with Gasteiger partial charge in [-0.1, -0.05) is 42.0 Å². The molecule has 3 aromatic rings. The summed E-state index contributed by atoms with van der Waals surface area (Å²) in [6, 6.07) is 18.1. The number of hydrogen-bond donors (Lipinski definition) is 1. The maximum absolute atomic E-state index is 13.4. The Balaban J connectivity index is 1.85. The van der Waals surface area contributed by atoms with Crippen molar-refractivity contribution >= 4 is 29.1 Å². The van der Waals surface area contributed by atoms with Crippen LogP contribution in [0.5, 0.6) is 11.5 Å². The minimum absolute atomic E-state index is 0.0559. The normalized spacial score (nSPS) is 16.4. The number of esters is 1. The van der Waals surface area contributed by atoms with Gasteiger partial charge in [0.1, 0.15) is 17.3 Å². The van der Waals surface area contributed by atoms with Crippen LogP contribution < -0.4 is 14.4 Å². The summed E-state index contributed by atoms with van der Waals surface area (Å²) in [5.41, 5.74) is 2.95. The first-order chi connectivity index (χ1) is 18.3. The molecule has 0 aliphatic carbocycles. The average molecular weight is 516 g/mol. The number of aliphatic hydroxyl groups excluding tert-OH is 1. The summed E-state index contributed by atoms with van der Waals surface area (Å²) in [5, 5.41) is 11.5. The molecule has 3 aromatic carbocycles. The molecule has 4 rings (SSSR count). The highest BCUT2D eigenvalue weighted by Gasteiger charge is 2.47. The van der Waals surface area contributed by atoms with Crippen molar-refractivity contribution in [1.82, 2.24) is 0 Å². The highest BCUT2D eigenvalue weighted by atomic mass is 16.5. The third-order valence-corrected chi connectivity index (χ3v) is 6.33. The van der Waals surface area contributed by atoms with Gasteiger partial charge in [-0.3, -0.25) is 19.3 Å². The van der Waals surface area contributed by atoms with E-state index in [1.165, 1.54) is 19.1 Å². The molecule has 0 saturated carbocycles. The Labute approximate surface area is 221 Å². The second-order valence-electron chi connectivity index (χ2n) is 8.80. The van der Waals surface area contributed by atoms with E-state index in [0.717, 1.165) is 5.56 Å². The third kappa shape index (κ3) is 5.11. The molecule has 1 aliphatic heterocycles. The Bertz CT molecular complexity index is 1410. The third-order valence-electron chi connectivity index (χ3n) is 6.33. The molecule has 8 nitrogen and oxygen atoms in total. The number of carbonyl (C=O) groups excluding carboxylic acids is 3. The van der Waals surface area contributed by atoms with Crippen molar-refractivity contribution in [3.63, 3.8) is 0 Å². The van der Waals surface area contributed by atoms with Gasteiger partial charge in [0.2, 0.25) is 0 Å². The molecule has 1 fully saturated rings. The van der Waals surface area contributed by atoms with E-state index < -0.39 is 17.7 Å². The standard InChI is InChI=1S/C30H29NO7/c1-5-38-25(32)16-19-9-11-21(12-10-19)31-27(20-8-6-7-18(2)15-20)26(29(34)30(31)35)28(33)23-14-13-22(36-3)17-24(23)37-4/h6-15,17,27,33H,5,16H2,1-4H3/b28-26-. The molecule has 1 atom stereocenters. The molecule has 1 heterocycles. The molecule has 196 valence electrons. The maximum Gasteiger partial charge on any atom is 0.310 e. The van der Waals surface area contributed by atoms with Gasteiger partial charge < -0.3 is 19.3 Å². The summed E-state index contributed by atoms with van der Waals surface area (Å²) in [7, 11) is 2.95. The molecule has 0 aromatic heterocycles. The highest BCUT2D eigenvalue weighted by molar-refractivity contribution is 6.51. The molecule has 38 heavy (non-hydrogen) atoms. The van der Waals surface area contributed by atoms with Gasteiger partial charge in [-0.2, -0.15) is 0 Å². The summed E-state index contributed by atoms with van der Waals surface area (Å²) in [6.07, 6.45) is 0.0888. The number of nitrogens with zero attached hydrogens (tertiary/aromatic N) is 1. The van der Waals surface area contributed by atoms with E-state index in [1.54, 1.807) is 49.4 Å². The van der Waals surface area contributed by atoms with Crippen LogP contribution >= 0.6 is 0 Å². The summed E-state index contributed by atoms with van der Waals surface area (Å²) in [4.78, 5) is 40.1. The first kappa shape index (κ1) is 26.5. The van der Waals surface area contributed by atoms with Crippen molar-refractivity contribution in [2.75, 3.05) is 25.7 Å². The number of Topliss-reactive ketones (excluding diaryl/α,β-unsaturated/α-hetero) is 1. The summed E-state index contributed by atoms with van der Waals surface area (Å²) < 4.78 is 15.7. The lowest BCUT2D eigenvalue weighted by Gasteiger charge is -2.26. The van der Waals surface area contributed by atoms with E-state index in [-0.39, 0.29) is 35.9 Å². The van der Waals surface area contributed by atoms with Crippen molar-refractivity contribution in [2.45, 2.75) is 26.3 Å². The largest absolute Gasteiger partial charge is 0.507 e. The monoisotopic (exact) mass is 515 g/mol. The number of ketones is 1. The molecule has 1 aliphatic rings. The Morgan fingerprint density at radius 3 is 2.34 bits per heavy atom. The van der Waals surface area contributed by atoms with Gasteiger partial charge in [0.15, 0.2) is 0 Å². The number of rotatable bonds is 8. The molecule has 1 unspecified atom stereocenters. The van der Waals surface area contributed by atoms with Gasteiger partial charge in [0, 0.05) is 11.8 Å². The van der Waals surface area contributed by atoms with Crippen LogP contribution in [0.1, 0.15) is 35.2 Å². The van der Waals surface area contributed by atoms with Gasteiger partial charge in [0.05, 0.1) is 44.4 Å². The molecule has 1 saturated heterocycles. The van der Waals surface area contributed by atoms with Crippen LogP contribution in [0, 0.1) is 6.92 Å². The van der Waals surface area contributed by atoms with Crippen molar-refractivity contribution in [2.24, 2.45) is 0 Å². The van der Waals surface area contributed by atoms with E-state index in [0.29, 0.717) is 28.3 Å². The fraction of sp³-hybridized carbons (Fsp3) is 0.233. The van der Waals surface area contributed by atoms with Gasteiger partial charge in [-0.15, -0.1) is 0 Å². The number of aliphatic hydroxyl groups is 1. The first-order valence-electron chi connectivity index (χ1n) is 12.1. The molecule has 1 N–H and O–H groups in total. The zero-order chi connectivity index (χ0) is 27.4. The lowest BCUT2D eigenvalue weighted by atomic mass is 9.94. The Morgan fingerprint density at radius 2 is 1.71 bits per heavy atom. The average Bonchev–Trinajstić information content (AvgIpc) is 3.18. The number of amides is 1. The number of methoxy groups -OCH3 is 2. The molecule has 0 bridgehead atoms. The maximum atomic E-state index is 13.4. The van der Waals surface area contributed by atoms with Crippen LogP contribution in [-0.2, 0) is 25.5 Å². The molecule has 0 radical (unpaired) electrons. The van der Waals surface area contributed by atoms with Gasteiger partial charge in [-0.25, -0.2) is 0 Å². The molecule has 0 spiro atoms. The zero-order valence-electron chi connectivity index (χ0n) is 21.7. The smallest absolute Gasteiger partial charge is 0.310 e. The number of anilines is 1. The van der Waals surface area contributed by atoms with Crippen molar-refractivity contribution in [3.05, 3.63) is 94.6 Å². The quantitative estimate of drug-likeness (QED) is 0.200. The van der Waals surface area contributed by atoms with E-state index in [4.69, 9.17) is 14.2 Å². The highest BCUT2D eigenvalue weighted by Crippen LogP contribution is 2.43. The minimum Gasteiger partial charge on any atom is -0.507 e. The second kappa shape index (κ2) is 11.2. The predicted octanol–water partition coefficient (Wildman–Crippen LogP) is 4.74. The summed E-state index contributed by atoms with van der Waals surface area (Å²) in [5.74, 6) is -1.49. The van der Waals surface area contributed by atoms with Crippen molar-refractivity contribution in [3.8, 4) is 11.5 Å². The van der Waals surface area contributed by atoms with Gasteiger partial charge in [-0.05, 0) is 49.2 Å². The van der Waals surface area contributed by atoms with Gasteiger partial charge >= 0.3 is 5.97 Å². The van der Waals surface area contributed by atoms with E-state index in [1.807, 2.05) is 31.2 Å². The van der Waals surface area contributed by atoms with Crippen LogP contribution in [0.3, 0.4) is 0 Å². The Morgan fingerprint density at radius 1 is 0.974 bits per heavy atom. The number of hydrogen-bond acceptors (Lipinski definition) is 7. The van der Waals surface area contributed by atoms with Crippen LogP contribution in [0.2, 0.25) is 0 Å². The molecular formula is C30H29NO7. The summed E-state index contributed by atoms with van der Waals surface area (Å²) >= 11 is 0. The van der Waals surface area contributed by atoms with Crippen LogP contribution in [0.15, 0.2) is 72.3 Å². The fourth-order valence-corrected chi connectivity index (χ4v) is 4.55. The van der Waals surface area contributed by atoms with Crippen molar-refractivity contribution < 1.29 is 33.7 Å². The Kier molecular flexibility index (Phi) is 7.81. The second-order valence-corrected chi connectivity index (χ2v) is 8.80. The topological polar surface area (TPSA) is 102 Å². The van der Waals surface area contributed by atoms with E-state index in [2.05, 4.69) is 0 Å². The molecule has 1 amide bonds. The zero-order valence-corrected chi connectivity index (χ0v) is 21.7. The lowest BCUT2D eigenvalue weighted by Crippen LogP contribution is -2.29. The predicted molar refractivity (Wildman–Crippen MR) is 142 cm³/mol. The lowest BCUT2D eigenvalue weighted by molar-refractivity contribution is -0.142. The van der Waals surface area contributed by atoms with Crippen LogP contribution in [0.4, 0.5) is 5.69 Å². The minimum atomic E-state index is -0.891. The number of benzene rings is 3. The van der Waals surface area contributed by atoms with E-state index in [9.17, 15) is 19.5 Å². The molecular weight excluding hydrogens is 486 g/mol. The summed E-state index contributed by atoms with van der Waals surface area (Å²) in [6.45, 7) is 3.94. The van der Waals surface area contributed by atoms with Gasteiger partial charge in [0.25, 0.3) is 11.7 Å². The number of carbonyl (C=O) groups is 3. The number of ether oxygens (including phenoxy) is 3. The van der Waals surface area contributed by atoms with Crippen LogP contribution in [0.25, 0.3) is 5.76 Å². The van der Waals surface area contributed by atoms with E-state index >= 15 is 0 Å². The Hall–Kier alpha value is -4.59. The molecule has 8 heteroatoms. The van der Waals surface area contributed by atoms with Crippen LogP contribution in [-0.4, -0.2) is 43.6 Å². The SMILES string of the molecule is CCOC(=O)Cc1ccc(N2C(=O)C(=O)/C(=C(\O)c3ccc(OC)cc3OC)C2c2cccc(C)c2)cc1. The number of aryl methyl sites for hydroxylation is 1. The first-order valence-corrected chi connectivity index (χ1v) is 12.1. The fourth-order valence-electron chi connectivity index (χ4n) is 4.55.